The van der Waals surface area contributed by atoms with Crippen molar-refractivity contribution in [1.82, 2.24) is 0 Å². The van der Waals surface area contributed by atoms with Gasteiger partial charge in [-0.1, -0.05) is 36.4 Å². The van der Waals surface area contributed by atoms with Gasteiger partial charge in [-0.25, -0.2) is 4.79 Å². The number of carbonyl (C=O) groups excluding carboxylic acids is 1. The first-order valence-corrected chi connectivity index (χ1v) is 5.74. The number of carbonyl (C=O) groups is 1. The van der Waals surface area contributed by atoms with Crippen LogP contribution in [0, 0.1) is 0 Å². The van der Waals surface area contributed by atoms with Crippen LogP contribution >= 0.6 is 0 Å². The quantitative estimate of drug-likeness (QED) is 0.591. The Labute approximate surface area is 101 Å². The van der Waals surface area contributed by atoms with Crippen molar-refractivity contribution in [1.29, 1.82) is 0 Å². The first kappa shape index (κ1) is 11.9. The molecule has 2 unspecified atom stereocenters. The molecule has 2 atom stereocenters. The Hall–Kier alpha value is -1.61. The fourth-order valence-corrected chi connectivity index (χ4v) is 1.67. The van der Waals surface area contributed by atoms with Gasteiger partial charge in [0.25, 0.3) is 0 Å². The van der Waals surface area contributed by atoms with Gasteiger partial charge in [0, 0.05) is 0 Å². The summed E-state index contributed by atoms with van der Waals surface area (Å²) in [6.45, 7) is 4.06. The highest BCUT2D eigenvalue weighted by atomic mass is 16.7. The molecule has 2 rings (SSSR count). The largest absolute Gasteiger partial charge is 0.464 e. The van der Waals surface area contributed by atoms with Crippen LogP contribution in [0.15, 0.2) is 36.4 Å². The highest BCUT2D eigenvalue weighted by Gasteiger charge is 2.56. The maximum atomic E-state index is 11.5. The van der Waals surface area contributed by atoms with E-state index in [0.29, 0.717) is 6.61 Å². The summed E-state index contributed by atoms with van der Waals surface area (Å²) in [5.74, 6) is -0.285. The average molecular weight is 232 g/mol. The molecule has 1 fully saturated rings. The summed E-state index contributed by atoms with van der Waals surface area (Å²) in [6.07, 6.45) is 3.41. The first-order chi connectivity index (χ1) is 8.15. The van der Waals surface area contributed by atoms with E-state index in [2.05, 4.69) is 0 Å². The summed E-state index contributed by atoms with van der Waals surface area (Å²) >= 11 is 0. The van der Waals surface area contributed by atoms with Crippen molar-refractivity contribution in [3.05, 3.63) is 42.0 Å². The molecule has 1 aliphatic heterocycles. The molecule has 90 valence electrons. The Morgan fingerprint density at radius 2 is 2.18 bits per heavy atom. The fraction of sp³-hybridized carbons (Fsp3) is 0.357. The zero-order valence-corrected chi connectivity index (χ0v) is 10.1. The minimum atomic E-state index is -0.512. The minimum absolute atomic E-state index is 0.285. The molecule has 0 saturated carbocycles. The van der Waals surface area contributed by atoms with E-state index in [1.54, 1.807) is 6.92 Å². The third kappa shape index (κ3) is 2.74. The number of esters is 1. The van der Waals surface area contributed by atoms with Gasteiger partial charge < -0.3 is 9.47 Å². The summed E-state index contributed by atoms with van der Waals surface area (Å²) in [6, 6.07) is 9.91. The second kappa shape index (κ2) is 4.72. The third-order valence-corrected chi connectivity index (χ3v) is 2.74. The van der Waals surface area contributed by atoms with Crippen LogP contribution < -0.4 is 0 Å². The molecule has 1 aromatic carbocycles. The lowest BCUT2D eigenvalue weighted by Crippen LogP contribution is -2.18. The van der Waals surface area contributed by atoms with E-state index >= 15 is 0 Å². The SMILES string of the molecule is CCOC(=O)C1OC1(C)/C=C/c1ccccc1. The number of hydrogen-bond donors (Lipinski definition) is 0. The molecule has 0 radical (unpaired) electrons. The van der Waals surface area contributed by atoms with Gasteiger partial charge in [0.2, 0.25) is 0 Å². The summed E-state index contributed by atoms with van der Waals surface area (Å²) < 4.78 is 10.3. The first-order valence-electron chi connectivity index (χ1n) is 5.74. The minimum Gasteiger partial charge on any atom is -0.464 e. The van der Waals surface area contributed by atoms with Crippen LogP contribution in [-0.4, -0.2) is 24.3 Å². The molecule has 0 amide bonds. The number of ether oxygens (including phenoxy) is 2. The standard InChI is InChI=1S/C14H16O3/c1-3-16-13(15)12-14(2,17-12)10-9-11-7-5-4-6-8-11/h4-10,12H,3H2,1-2H3/b10-9+. The lowest BCUT2D eigenvalue weighted by atomic mass is 10.1. The van der Waals surface area contributed by atoms with E-state index in [1.807, 2.05) is 49.4 Å². The van der Waals surface area contributed by atoms with Gasteiger partial charge >= 0.3 is 5.97 Å². The van der Waals surface area contributed by atoms with Gasteiger partial charge in [-0.15, -0.1) is 0 Å². The average Bonchev–Trinajstić information content (AvgIpc) is 3.02. The van der Waals surface area contributed by atoms with Crippen LogP contribution in [0.4, 0.5) is 0 Å². The molecule has 0 bridgehead atoms. The van der Waals surface area contributed by atoms with Crippen molar-refractivity contribution in [2.75, 3.05) is 6.61 Å². The summed E-state index contributed by atoms with van der Waals surface area (Å²) in [5, 5.41) is 0. The van der Waals surface area contributed by atoms with Crippen LogP contribution in [0.2, 0.25) is 0 Å². The zero-order chi connectivity index (χ0) is 12.3. The van der Waals surface area contributed by atoms with E-state index in [4.69, 9.17) is 9.47 Å². The van der Waals surface area contributed by atoms with Crippen LogP contribution in [0.1, 0.15) is 19.4 Å². The molecule has 1 aromatic rings. The molecule has 3 nitrogen and oxygen atoms in total. The maximum absolute atomic E-state index is 11.5. The summed E-state index contributed by atoms with van der Waals surface area (Å²) in [5.41, 5.74) is 0.578. The predicted octanol–water partition coefficient (Wildman–Crippen LogP) is 2.42. The van der Waals surface area contributed by atoms with Crippen LogP contribution in [0.5, 0.6) is 0 Å². The zero-order valence-electron chi connectivity index (χ0n) is 10.1. The van der Waals surface area contributed by atoms with Gasteiger partial charge in [0.1, 0.15) is 5.60 Å². The smallest absolute Gasteiger partial charge is 0.338 e. The Kier molecular flexibility index (Phi) is 3.29. The Morgan fingerprint density at radius 1 is 1.47 bits per heavy atom. The molecule has 0 N–H and O–H groups in total. The number of epoxide rings is 1. The molecule has 0 aliphatic carbocycles. The Balaban J connectivity index is 1.97. The number of rotatable bonds is 4. The van der Waals surface area contributed by atoms with Crippen molar-refractivity contribution in [2.24, 2.45) is 0 Å². The van der Waals surface area contributed by atoms with Crippen LogP contribution in [0.25, 0.3) is 6.08 Å². The van der Waals surface area contributed by atoms with Crippen molar-refractivity contribution >= 4 is 12.0 Å². The van der Waals surface area contributed by atoms with E-state index in [-0.39, 0.29) is 5.97 Å². The van der Waals surface area contributed by atoms with E-state index in [1.165, 1.54) is 0 Å². The maximum Gasteiger partial charge on any atom is 0.338 e. The van der Waals surface area contributed by atoms with Crippen molar-refractivity contribution < 1.29 is 14.3 Å². The fourth-order valence-electron chi connectivity index (χ4n) is 1.67. The summed E-state index contributed by atoms with van der Waals surface area (Å²) in [7, 11) is 0. The van der Waals surface area contributed by atoms with Gasteiger partial charge in [-0.2, -0.15) is 0 Å². The van der Waals surface area contributed by atoms with E-state index < -0.39 is 11.7 Å². The second-order valence-corrected chi connectivity index (χ2v) is 4.18. The van der Waals surface area contributed by atoms with Gasteiger partial charge in [-0.3, -0.25) is 0 Å². The molecule has 1 heterocycles. The van der Waals surface area contributed by atoms with Gasteiger partial charge in [-0.05, 0) is 25.5 Å². The van der Waals surface area contributed by atoms with Gasteiger partial charge in [0.05, 0.1) is 6.61 Å². The molecular weight excluding hydrogens is 216 g/mol. The molecule has 0 aromatic heterocycles. The molecule has 1 aliphatic rings. The molecule has 0 spiro atoms. The van der Waals surface area contributed by atoms with Crippen LogP contribution in [0.3, 0.4) is 0 Å². The summed E-state index contributed by atoms with van der Waals surface area (Å²) in [4.78, 5) is 11.5. The monoisotopic (exact) mass is 232 g/mol. The highest BCUT2D eigenvalue weighted by molar-refractivity contribution is 5.80. The Morgan fingerprint density at radius 3 is 2.82 bits per heavy atom. The second-order valence-electron chi connectivity index (χ2n) is 4.18. The molecule has 1 saturated heterocycles. The van der Waals surface area contributed by atoms with Gasteiger partial charge in [0.15, 0.2) is 6.10 Å². The topological polar surface area (TPSA) is 38.8 Å². The van der Waals surface area contributed by atoms with Crippen molar-refractivity contribution in [2.45, 2.75) is 25.6 Å². The number of benzene rings is 1. The van der Waals surface area contributed by atoms with E-state index in [9.17, 15) is 4.79 Å². The molecule has 17 heavy (non-hydrogen) atoms. The van der Waals surface area contributed by atoms with Crippen molar-refractivity contribution in [3.63, 3.8) is 0 Å². The third-order valence-electron chi connectivity index (χ3n) is 2.74. The lowest BCUT2D eigenvalue weighted by Gasteiger charge is -2.00. The Bertz CT molecular complexity index is 424. The highest BCUT2D eigenvalue weighted by Crippen LogP contribution is 2.38. The molecular formula is C14H16O3. The predicted molar refractivity (Wildman–Crippen MR) is 65.4 cm³/mol. The number of hydrogen-bond acceptors (Lipinski definition) is 3. The lowest BCUT2D eigenvalue weighted by molar-refractivity contribution is -0.144. The van der Waals surface area contributed by atoms with Crippen LogP contribution in [-0.2, 0) is 14.3 Å². The normalized spacial score (nSPS) is 27.1. The van der Waals surface area contributed by atoms with E-state index in [0.717, 1.165) is 5.56 Å². The van der Waals surface area contributed by atoms with Crippen molar-refractivity contribution in [3.8, 4) is 0 Å². The molecule has 3 heteroatoms.